The van der Waals surface area contributed by atoms with Gasteiger partial charge in [0.05, 0.1) is 19.3 Å². The van der Waals surface area contributed by atoms with Gasteiger partial charge in [-0.2, -0.15) is 0 Å². The van der Waals surface area contributed by atoms with Crippen LogP contribution in [-0.4, -0.2) is 84.3 Å². The zero-order valence-electron chi connectivity index (χ0n) is 20.7. The number of hydrogen-bond acceptors (Lipinski definition) is 7. The molecule has 192 valence electrons. The first-order valence-electron chi connectivity index (χ1n) is 12.3. The van der Waals surface area contributed by atoms with E-state index in [0.29, 0.717) is 26.2 Å². The van der Waals surface area contributed by atoms with Gasteiger partial charge < -0.3 is 35.0 Å². The molecule has 35 heavy (non-hydrogen) atoms. The molecule has 0 aromatic heterocycles. The fraction of sp³-hybridized carbons (Fsp3) is 0.519. The van der Waals surface area contributed by atoms with Gasteiger partial charge >= 0.3 is 5.97 Å². The maximum absolute atomic E-state index is 10.6. The summed E-state index contributed by atoms with van der Waals surface area (Å²) < 4.78 is 12.1. The number of aliphatic carboxylic acids is 1. The van der Waals surface area contributed by atoms with E-state index >= 15 is 0 Å². The van der Waals surface area contributed by atoms with Crippen molar-refractivity contribution in [1.29, 1.82) is 0 Å². The number of carboxylic acids is 1. The average molecular weight is 487 g/mol. The lowest BCUT2D eigenvalue weighted by Crippen LogP contribution is -2.33. The average Bonchev–Trinajstić information content (AvgIpc) is 3.25. The summed E-state index contributed by atoms with van der Waals surface area (Å²) in [4.78, 5) is 12.9. The van der Waals surface area contributed by atoms with E-state index in [1.807, 2.05) is 31.2 Å². The molecule has 0 amide bonds. The van der Waals surface area contributed by atoms with Crippen LogP contribution in [0.2, 0.25) is 0 Å². The second-order valence-electron chi connectivity index (χ2n) is 9.06. The van der Waals surface area contributed by atoms with E-state index in [1.165, 1.54) is 0 Å². The van der Waals surface area contributed by atoms with Crippen molar-refractivity contribution in [3.63, 3.8) is 0 Å². The number of aliphatic hydroxyl groups is 2. The number of carboxylic acid groups (broad SMARTS) is 1. The number of rotatable bonds is 14. The van der Waals surface area contributed by atoms with Crippen molar-refractivity contribution in [2.24, 2.45) is 0 Å². The fourth-order valence-corrected chi connectivity index (χ4v) is 4.32. The first kappa shape index (κ1) is 26.9. The highest BCUT2D eigenvalue weighted by Gasteiger charge is 2.19. The summed E-state index contributed by atoms with van der Waals surface area (Å²) >= 11 is 0. The van der Waals surface area contributed by atoms with Gasteiger partial charge in [0, 0.05) is 26.2 Å². The van der Waals surface area contributed by atoms with Crippen LogP contribution in [0.1, 0.15) is 30.4 Å². The highest BCUT2D eigenvalue weighted by Crippen LogP contribution is 2.35. The molecule has 1 fully saturated rings. The van der Waals surface area contributed by atoms with Crippen LogP contribution in [0.4, 0.5) is 0 Å². The highest BCUT2D eigenvalue weighted by atomic mass is 16.5. The lowest BCUT2D eigenvalue weighted by atomic mass is 9.95. The molecule has 8 nitrogen and oxygen atoms in total. The molecular weight excluding hydrogens is 448 g/mol. The summed E-state index contributed by atoms with van der Waals surface area (Å²) in [6.45, 7) is 8.46. The smallest absolute Gasteiger partial charge is 0.333 e. The van der Waals surface area contributed by atoms with Crippen molar-refractivity contribution < 1.29 is 29.6 Å². The first-order chi connectivity index (χ1) is 16.9. The molecule has 0 saturated carbocycles. The topological polar surface area (TPSA) is 111 Å². The van der Waals surface area contributed by atoms with Crippen LogP contribution in [0.15, 0.2) is 36.4 Å². The van der Waals surface area contributed by atoms with Crippen LogP contribution in [-0.2, 0) is 4.79 Å². The molecular formula is C27H38N2O6. The normalized spacial score (nSPS) is 16.9. The number of benzene rings is 2. The Morgan fingerprint density at radius 3 is 2.20 bits per heavy atom. The van der Waals surface area contributed by atoms with Crippen molar-refractivity contribution >= 4 is 5.97 Å². The van der Waals surface area contributed by atoms with E-state index < -0.39 is 12.1 Å². The summed E-state index contributed by atoms with van der Waals surface area (Å²) in [6, 6.07) is 12.1. The largest absolute Gasteiger partial charge is 0.493 e. The summed E-state index contributed by atoms with van der Waals surface area (Å²) in [5.41, 5.74) is 4.34. The van der Waals surface area contributed by atoms with E-state index in [9.17, 15) is 15.0 Å². The molecule has 0 bridgehead atoms. The Hall–Kier alpha value is -2.65. The molecule has 1 saturated heterocycles. The Labute approximate surface area is 207 Å². The van der Waals surface area contributed by atoms with Gasteiger partial charge in [0.1, 0.15) is 11.5 Å². The van der Waals surface area contributed by atoms with Crippen LogP contribution in [0.5, 0.6) is 11.5 Å². The van der Waals surface area contributed by atoms with Crippen molar-refractivity contribution in [3.8, 4) is 22.6 Å². The maximum Gasteiger partial charge on any atom is 0.333 e. The number of aliphatic hydroxyl groups excluding tert-OH is 2. The van der Waals surface area contributed by atoms with Gasteiger partial charge in [-0.25, -0.2) is 4.79 Å². The Bertz CT molecular complexity index is 967. The number of nitrogens with one attached hydrogen (secondary N) is 1. The maximum atomic E-state index is 10.6. The molecule has 2 aromatic rings. The summed E-state index contributed by atoms with van der Waals surface area (Å²) in [6.07, 6.45) is 0.888. The van der Waals surface area contributed by atoms with Crippen molar-refractivity contribution in [1.82, 2.24) is 10.2 Å². The van der Waals surface area contributed by atoms with Gasteiger partial charge in [0.15, 0.2) is 6.10 Å². The van der Waals surface area contributed by atoms with Crippen LogP contribution < -0.4 is 14.8 Å². The lowest BCUT2D eigenvalue weighted by Gasteiger charge is -2.18. The van der Waals surface area contributed by atoms with Crippen molar-refractivity contribution in [2.75, 3.05) is 45.9 Å². The summed E-state index contributed by atoms with van der Waals surface area (Å²) in [7, 11) is 0. The van der Waals surface area contributed by atoms with E-state index in [-0.39, 0.29) is 12.6 Å². The quantitative estimate of drug-likeness (QED) is 0.302. The van der Waals surface area contributed by atoms with Crippen LogP contribution >= 0.6 is 0 Å². The number of ether oxygens (including phenoxy) is 2. The standard InChI is InChI=1S/C27H38N2O6/c1-19-22(7-3-9-25(19)34-15-5-12-28-17-24(31)27(32)33)23-8-4-10-26(20(23)2)35-16-6-13-29-14-11-21(30)18-29/h3-4,7-10,21,24,28,30-31H,5-6,11-18H2,1-2H3,(H,32,33)/t21-,24?/m1/s1. The molecule has 2 atom stereocenters. The third-order valence-corrected chi connectivity index (χ3v) is 6.36. The molecule has 0 radical (unpaired) electrons. The van der Waals surface area contributed by atoms with Crippen molar-refractivity contribution in [2.45, 2.75) is 45.3 Å². The summed E-state index contributed by atoms with van der Waals surface area (Å²) in [5, 5.41) is 30.5. The van der Waals surface area contributed by atoms with Gasteiger partial charge in [-0.15, -0.1) is 0 Å². The number of nitrogens with zero attached hydrogens (tertiary/aromatic N) is 1. The zero-order chi connectivity index (χ0) is 25.2. The SMILES string of the molecule is Cc1c(OCCCNCC(O)C(=O)O)cccc1-c1cccc(OCCCN2CC[C@@H](O)C2)c1C. The van der Waals surface area contributed by atoms with Gasteiger partial charge in [0.2, 0.25) is 0 Å². The minimum Gasteiger partial charge on any atom is -0.493 e. The van der Waals surface area contributed by atoms with Crippen LogP contribution in [0.3, 0.4) is 0 Å². The lowest BCUT2D eigenvalue weighted by molar-refractivity contribution is -0.146. The molecule has 3 rings (SSSR count). The van der Waals surface area contributed by atoms with Crippen LogP contribution in [0, 0.1) is 13.8 Å². The van der Waals surface area contributed by atoms with E-state index in [0.717, 1.165) is 66.2 Å². The molecule has 0 aliphatic carbocycles. The molecule has 8 heteroatoms. The van der Waals surface area contributed by atoms with E-state index in [1.54, 1.807) is 0 Å². The van der Waals surface area contributed by atoms with Crippen LogP contribution in [0.25, 0.3) is 11.1 Å². The minimum absolute atomic E-state index is 0.0168. The van der Waals surface area contributed by atoms with Gasteiger partial charge in [-0.05, 0) is 74.0 Å². The van der Waals surface area contributed by atoms with Gasteiger partial charge in [-0.1, -0.05) is 24.3 Å². The number of β-amino-alcohol motifs (C(OH)–C–C–N with tert-alkyl or cyclic N) is 1. The zero-order valence-corrected chi connectivity index (χ0v) is 20.7. The predicted octanol–water partition coefficient (Wildman–Crippen LogP) is 2.61. The number of hydrogen-bond donors (Lipinski definition) is 4. The Kier molecular flexibility index (Phi) is 10.3. The molecule has 1 heterocycles. The molecule has 2 aromatic carbocycles. The number of likely N-dealkylation sites (tertiary alicyclic amines) is 1. The van der Waals surface area contributed by atoms with Gasteiger partial charge in [0.25, 0.3) is 0 Å². The second-order valence-corrected chi connectivity index (χ2v) is 9.06. The molecule has 0 spiro atoms. The van der Waals surface area contributed by atoms with E-state index in [4.69, 9.17) is 14.6 Å². The molecule has 1 aliphatic rings. The first-order valence-corrected chi connectivity index (χ1v) is 12.3. The molecule has 4 N–H and O–H groups in total. The second kappa shape index (κ2) is 13.4. The minimum atomic E-state index is -1.39. The fourth-order valence-electron chi connectivity index (χ4n) is 4.32. The van der Waals surface area contributed by atoms with Gasteiger partial charge in [-0.3, -0.25) is 0 Å². The third-order valence-electron chi connectivity index (χ3n) is 6.36. The third kappa shape index (κ3) is 7.93. The molecule has 1 aliphatic heterocycles. The predicted molar refractivity (Wildman–Crippen MR) is 135 cm³/mol. The van der Waals surface area contributed by atoms with Crippen molar-refractivity contribution in [3.05, 3.63) is 47.5 Å². The summed E-state index contributed by atoms with van der Waals surface area (Å²) in [5.74, 6) is 0.463. The monoisotopic (exact) mass is 486 g/mol. The highest BCUT2D eigenvalue weighted by molar-refractivity contribution is 5.74. The number of carbonyl (C=O) groups is 1. The molecule has 1 unspecified atom stereocenters. The Morgan fingerprint density at radius 2 is 1.66 bits per heavy atom. The Balaban J connectivity index is 1.52. The van der Waals surface area contributed by atoms with E-state index in [2.05, 4.69) is 29.3 Å². The Morgan fingerprint density at radius 1 is 1.06 bits per heavy atom.